The zero-order chi connectivity index (χ0) is 15.3. The second-order valence-corrected chi connectivity index (χ2v) is 5.04. The van der Waals surface area contributed by atoms with Gasteiger partial charge < -0.3 is 5.32 Å². The number of halogens is 4. The summed E-state index contributed by atoms with van der Waals surface area (Å²) in [6.45, 7) is 4.06. The molecule has 0 saturated heterocycles. The minimum absolute atomic E-state index is 0.207. The van der Waals surface area contributed by atoms with Crippen LogP contribution in [0.5, 0.6) is 0 Å². The van der Waals surface area contributed by atoms with Gasteiger partial charge >= 0.3 is 0 Å². The highest BCUT2D eigenvalue weighted by Crippen LogP contribution is 2.27. The lowest BCUT2D eigenvalue weighted by Gasteiger charge is -2.29. The Balaban J connectivity index is 2.88. The number of alkyl halides is 1. The van der Waals surface area contributed by atoms with Crippen LogP contribution in [0.25, 0.3) is 0 Å². The van der Waals surface area contributed by atoms with Crippen LogP contribution < -0.4 is 5.32 Å². The van der Waals surface area contributed by atoms with E-state index in [1.165, 1.54) is 0 Å². The molecule has 1 N–H and O–H groups in total. The second kappa shape index (κ2) is 6.97. The first kappa shape index (κ1) is 16.8. The van der Waals surface area contributed by atoms with Gasteiger partial charge in [0.25, 0.3) is 5.91 Å². The molecule has 2 nitrogen and oxygen atoms in total. The average molecular weight is 308 g/mol. The van der Waals surface area contributed by atoms with Crippen molar-refractivity contribution < 1.29 is 18.0 Å². The highest BCUT2D eigenvalue weighted by atomic mass is 35.5. The van der Waals surface area contributed by atoms with Crippen molar-refractivity contribution >= 4 is 17.5 Å². The van der Waals surface area contributed by atoms with E-state index < -0.39 is 28.9 Å². The Morgan fingerprint density at radius 3 is 2.10 bits per heavy atom. The van der Waals surface area contributed by atoms with Gasteiger partial charge in [-0.25, -0.2) is 13.2 Å². The Morgan fingerprint density at radius 1 is 1.20 bits per heavy atom. The maximum absolute atomic E-state index is 13.5. The van der Waals surface area contributed by atoms with Crippen LogP contribution in [0.4, 0.5) is 13.2 Å². The third-order valence-corrected chi connectivity index (χ3v) is 4.21. The summed E-state index contributed by atoms with van der Waals surface area (Å²) in [6.07, 6.45) is 1.45. The lowest BCUT2D eigenvalue weighted by Crippen LogP contribution is -2.38. The van der Waals surface area contributed by atoms with E-state index in [2.05, 4.69) is 5.32 Å². The molecular weight excluding hydrogens is 291 g/mol. The molecule has 6 heteroatoms. The van der Waals surface area contributed by atoms with Gasteiger partial charge in [-0.3, -0.25) is 4.79 Å². The number of hydrogen-bond donors (Lipinski definition) is 1. The van der Waals surface area contributed by atoms with Gasteiger partial charge in [-0.2, -0.15) is 0 Å². The van der Waals surface area contributed by atoms with Gasteiger partial charge in [0, 0.05) is 30.0 Å². The summed E-state index contributed by atoms with van der Waals surface area (Å²) in [5.41, 5.74) is -1.09. The molecule has 0 spiro atoms. The van der Waals surface area contributed by atoms with E-state index in [9.17, 15) is 18.0 Å². The lowest BCUT2D eigenvalue weighted by atomic mass is 9.84. The quantitative estimate of drug-likeness (QED) is 0.794. The number of amides is 1. The normalized spacial score (nSPS) is 11.5. The third-order valence-electron chi connectivity index (χ3n) is 3.64. The Morgan fingerprint density at radius 2 is 1.70 bits per heavy atom. The third kappa shape index (κ3) is 3.66. The van der Waals surface area contributed by atoms with E-state index in [4.69, 9.17) is 11.6 Å². The van der Waals surface area contributed by atoms with Crippen molar-refractivity contribution in [3.8, 4) is 0 Å². The first-order valence-corrected chi connectivity index (χ1v) is 6.91. The molecule has 0 unspecified atom stereocenters. The molecule has 0 aliphatic carbocycles. The molecular formula is C14H17ClF3NO. The Labute approximate surface area is 121 Å². The second-order valence-electron chi connectivity index (χ2n) is 4.77. The van der Waals surface area contributed by atoms with Crippen LogP contribution in [-0.4, -0.2) is 18.3 Å². The predicted molar refractivity (Wildman–Crippen MR) is 72.4 cm³/mol. The number of hydrogen-bond acceptors (Lipinski definition) is 1. The van der Waals surface area contributed by atoms with E-state index in [0.29, 0.717) is 18.0 Å². The average Bonchev–Trinajstić information content (AvgIpc) is 2.39. The number of rotatable bonds is 6. The molecule has 0 bridgehead atoms. The van der Waals surface area contributed by atoms with Crippen molar-refractivity contribution in [2.24, 2.45) is 5.41 Å². The molecule has 0 saturated carbocycles. The summed E-state index contributed by atoms with van der Waals surface area (Å²) < 4.78 is 39.7. The van der Waals surface area contributed by atoms with Crippen LogP contribution >= 0.6 is 11.6 Å². The van der Waals surface area contributed by atoms with Crippen molar-refractivity contribution in [3.63, 3.8) is 0 Å². The largest absolute Gasteiger partial charge is 0.351 e. The highest BCUT2D eigenvalue weighted by molar-refractivity contribution is 6.18. The van der Waals surface area contributed by atoms with Crippen LogP contribution in [0.1, 0.15) is 37.0 Å². The summed E-state index contributed by atoms with van der Waals surface area (Å²) in [5, 5.41) is 2.47. The molecule has 0 atom stereocenters. The molecule has 0 fully saturated rings. The van der Waals surface area contributed by atoms with Gasteiger partial charge in [0.05, 0.1) is 0 Å². The molecule has 1 amide bonds. The van der Waals surface area contributed by atoms with E-state index in [-0.39, 0.29) is 12.0 Å². The standard InChI is InChI=1S/C14H17ClF3NO/c1-3-14(4-2,7-15)8-19-13(20)12-10(17)5-9(16)6-11(12)18/h5-6H,3-4,7-8H2,1-2H3,(H,19,20). The van der Waals surface area contributed by atoms with Crippen LogP contribution in [0.2, 0.25) is 0 Å². The number of nitrogens with one attached hydrogen (secondary N) is 1. The monoisotopic (exact) mass is 307 g/mol. The van der Waals surface area contributed by atoms with Crippen molar-refractivity contribution in [1.82, 2.24) is 5.32 Å². The zero-order valence-corrected chi connectivity index (χ0v) is 12.2. The van der Waals surface area contributed by atoms with Crippen molar-refractivity contribution in [1.29, 1.82) is 0 Å². The number of carbonyl (C=O) groups is 1. The van der Waals surface area contributed by atoms with Crippen LogP contribution in [-0.2, 0) is 0 Å². The van der Waals surface area contributed by atoms with Crippen molar-refractivity contribution in [2.45, 2.75) is 26.7 Å². The van der Waals surface area contributed by atoms with Crippen LogP contribution in [0.3, 0.4) is 0 Å². The molecule has 1 rings (SSSR count). The molecule has 0 aliphatic rings. The summed E-state index contributed by atoms with van der Waals surface area (Å²) in [7, 11) is 0. The fourth-order valence-electron chi connectivity index (χ4n) is 1.85. The molecule has 0 radical (unpaired) electrons. The summed E-state index contributed by atoms with van der Waals surface area (Å²) in [6, 6.07) is 0.957. The van der Waals surface area contributed by atoms with E-state index >= 15 is 0 Å². The summed E-state index contributed by atoms with van der Waals surface area (Å²) in [4.78, 5) is 11.8. The molecule has 112 valence electrons. The maximum Gasteiger partial charge on any atom is 0.257 e. The van der Waals surface area contributed by atoms with Gasteiger partial charge in [-0.05, 0) is 12.8 Å². The Hall–Kier alpha value is -1.23. The van der Waals surface area contributed by atoms with Crippen LogP contribution in [0.15, 0.2) is 12.1 Å². The first-order chi connectivity index (χ1) is 9.39. The molecule has 1 aromatic carbocycles. The number of benzene rings is 1. The minimum Gasteiger partial charge on any atom is -0.351 e. The molecule has 0 aliphatic heterocycles. The minimum atomic E-state index is -1.22. The van der Waals surface area contributed by atoms with Gasteiger partial charge in [-0.1, -0.05) is 13.8 Å². The molecule has 20 heavy (non-hydrogen) atoms. The summed E-state index contributed by atoms with van der Waals surface area (Å²) in [5.74, 6) is -4.08. The highest BCUT2D eigenvalue weighted by Gasteiger charge is 2.27. The fourth-order valence-corrected chi connectivity index (χ4v) is 2.32. The van der Waals surface area contributed by atoms with Crippen molar-refractivity contribution in [2.75, 3.05) is 12.4 Å². The van der Waals surface area contributed by atoms with Gasteiger partial charge in [-0.15, -0.1) is 11.6 Å². The smallest absolute Gasteiger partial charge is 0.257 e. The predicted octanol–water partition coefficient (Wildman–Crippen LogP) is 3.88. The maximum atomic E-state index is 13.5. The molecule has 1 aromatic rings. The van der Waals surface area contributed by atoms with E-state index in [1.807, 2.05) is 13.8 Å². The lowest BCUT2D eigenvalue weighted by molar-refractivity contribution is 0.0923. The van der Waals surface area contributed by atoms with E-state index in [0.717, 1.165) is 12.8 Å². The van der Waals surface area contributed by atoms with Crippen molar-refractivity contribution in [3.05, 3.63) is 35.1 Å². The fraction of sp³-hybridized carbons (Fsp3) is 0.500. The van der Waals surface area contributed by atoms with Gasteiger partial charge in [0.2, 0.25) is 0 Å². The topological polar surface area (TPSA) is 29.1 Å². The molecule has 0 heterocycles. The Kier molecular flexibility index (Phi) is 5.87. The SMILES string of the molecule is CCC(CC)(CCl)CNC(=O)c1c(F)cc(F)cc1F. The Bertz CT molecular complexity index is 458. The first-order valence-electron chi connectivity index (χ1n) is 6.38. The molecule has 0 aromatic heterocycles. The van der Waals surface area contributed by atoms with Gasteiger partial charge in [0.1, 0.15) is 23.0 Å². The number of carbonyl (C=O) groups excluding carboxylic acids is 1. The zero-order valence-electron chi connectivity index (χ0n) is 11.4. The van der Waals surface area contributed by atoms with Crippen LogP contribution in [0, 0.1) is 22.9 Å². The summed E-state index contributed by atoms with van der Waals surface area (Å²) >= 11 is 5.89. The van der Waals surface area contributed by atoms with E-state index in [1.54, 1.807) is 0 Å². The van der Waals surface area contributed by atoms with Gasteiger partial charge in [0.15, 0.2) is 0 Å².